The summed E-state index contributed by atoms with van der Waals surface area (Å²) in [6.07, 6.45) is -2.36. The summed E-state index contributed by atoms with van der Waals surface area (Å²) in [6, 6.07) is 3.87. The number of benzene rings is 1. The van der Waals surface area contributed by atoms with Crippen LogP contribution in [0, 0.1) is 11.3 Å². The Balaban J connectivity index is 1.89. The van der Waals surface area contributed by atoms with Crippen LogP contribution < -0.4 is 10.1 Å². The van der Waals surface area contributed by atoms with Gasteiger partial charge in [-0.1, -0.05) is 0 Å². The maximum Gasteiger partial charge on any atom is 0.416 e. The van der Waals surface area contributed by atoms with Crippen molar-refractivity contribution in [2.45, 2.75) is 44.8 Å². The number of alkyl halides is 5. The molecule has 1 aromatic carbocycles. The molecule has 1 unspecified atom stereocenters. The predicted octanol–water partition coefficient (Wildman–Crippen LogP) is 4.89. The number of hydrogen-bond donors (Lipinski definition) is 1. The first-order valence-electron chi connectivity index (χ1n) is 10.8. The van der Waals surface area contributed by atoms with Crippen LogP contribution in [0.1, 0.15) is 54.0 Å². The summed E-state index contributed by atoms with van der Waals surface area (Å²) in [5, 5.41) is 12.0. The third-order valence-corrected chi connectivity index (χ3v) is 5.22. The van der Waals surface area contributed by atoms with Gasteiger partial charge in [0, 0.05) is 18.0 Å². The average Bonchev–Trinajstić information content (AvgIpc) is 2.86. The normalized spacial score (nSPS) is 12.6. The second-order valence-electron chi connectivity index (χ2n) is 8.46. The Bertz CT molecular complexity index is 1310. The van der Waals surface area contributed by atoms with Gasteiger partial charge in [0.1, 0.15) is 12.3 Å². The molecule has 3 rings (SSSR count). The Morgan fingerprint density at radius 2 is 1.68 bits per heavy atom. The van der Waals surface area contributed by atoms with E-state index < -0.39 is 42.1 Å². The van der Waals surface area contributed by atoms with Gasteiger partial charge in [-0.25, -0.2) is 23.7 Å². The van der Waals surface area contributed by atoms with Crippen molar-refractivity contribution >= 4 is 5.91 Å². The van der Waals surface area contributed by atoms with Crippen molar-refractivity contribution in [1.82, 2.24) is 25.3 Å². The quantitative estimate of drug-likeness (QED) is 0.421. The molecule has 13 heteroatoms. The van der Waals surface area contributed by atoms with E-state index in [0.717, 1.165) is 6.07 Å². The van der Waals surface area contributed by atoms with Crippen molar-refractivity contribution in [2.24, 2.45) is 0 Å². The molecule has 0 aliphatic rings. The monoisotopic (exact) mass is 520 g/mol. The first-order valence-corrected chi connectivity index (χ1v) is 10.8. The van der Waals surface area contributed by atoms with E-state index in [2.05, 4.69) is 25.3 Å². The largest absolute Gasteiger partial charge is 0.484 e. The standard InChI is InChI=1S/C24H21F5N6O2/c1-13(19-20(32-5-4-31-19)21-33-9-17(10-34-21)37-11-18(25)26)35-22(36)14-6-15(23(2,3)12-30)8-16(7-14)24(27,28)29/h4-10,13,18H,11H2,1-3H3,(H,35,36). The summed E-state index contributed by atoms with van der Waals surface area (Å²) in [6.45, 7) is 3.61. The Kier molecular flexibility index (Phi) is 8.00. The number of aromatic nitrogens is 4. The van der Waals surface area contributed by atoms with Crippen LogP contribution in [-0.2, 0) is 11.6 Å². The molecule has 2 heterocycles. The Hall–Kier alpha value is -4.21. The Morgan fingerprint density at radius 3 is 2.27 bits per heavy atom. The zero-order chi connectivity index (χ0) is 27.4. The summed E-state index contributed by atoms with van der Waals surface area (Å²) in [5.74, 6) is -0.760. The molecule has 0 aliphatic carbocycles. The summed E-state index contributed by atoms with van der Waals surface area (Å²) >= 11 is 0. The molecule has 0 aliphatic heterocycles. The number of carbonyl (C=O) groups excluding carboxylic acids is 1. The van der Waals surface area contributed by atoms with Crippen molar-refractivity contribution in [3.63, 3.8) is 0 Å². The second-order valence-corrected chi connectivity index (χ2v) is 8.46. The van der Waals surface area contributed by atoms with Gasteiger partial charge >= 0.3 is 6.18 Å². The van der Waals surface area contributed by atoms with Crippen LogP contribution in [0.25, 0.3) is 11.5 Å². The number of ether oxygens (including phenoxy) is 1. The third-order valence-electron chi connectivity index (χ3n) is 5.22. The lowest BCUT2D eigenvalue weighted by molar-refractivity contribution is -0.137. The van der Waals surface area contributed by atoms with Crippen molar-refractivity contribution in [2.75, 3.05) is 6.61 Å². The highest BCUT2D eigenvalue weighted by atomic mass is 19.4. The minimum Gasteiger partial charge on any atom is -0.484 e. The molecule has 0 spiro atoms. The SMILES string of the molecule is CC(NC(=O)c1cc(C(F)(F)F)cc(C(C)(C)C#N)c1)c1nccnc1-c1ncc(OCC(F)F)cn1. The summed E-state index contributed by atoms with van der Waals surface area (Å²) in [4.78, 5) is 29.4. The van der Waals surface area contributed by atoms with E-state index in [9.17, 15) is 32.0 Å². The molecule has 2 aromatic heterocycles. The molecule has 1 amide bonds. The van der Waals surface area contributed by atoms with E-state index >= 15 is 0 Å². The summed E-state index contributed by atoms with van der Waals surface area (Å²) < 4.78 is 70.0. The molecule has 0 saturated carbocycles. The first kappa shape index (κ1) is 27.4. The molecule has 37 heavy (non-hydrogen) atoms. The molecule has 3 aromatic rings. The maximum atomic E-state index is 13.5. The number of hydrogen-bond acceptors (Lipinski definition) is 7. The van der Waals surface area contributed by atoms with Gasteiger partial charge in [-0.05, 0) is 44.5 Å². The van der Waals surface area contributed by atoms with Crippen LogP contribution in [0.4, 0.5) is 22.0 Å². The van der Waals surface area contributed by atoms with Gasteiger partial charge in [-0.2, -0.15) is 18.4 Å². The minimum absolute atomic E-state index is 0.0106. The first-order chi connectivity index (χ1) is 17.3. The number of halogens is 5. The lowest BCUT2D eigenvalue weighted by Gasteiger charge is -2.20. The summed E-state index contributed by atoms with van der Waals surface area (Å²) in [5.41, 5.74) is -2.23. The van der Waals surface area contributed by atoms with Crippen LogP contribution in [0.5, 0.6) is 5.75 Å². The smallest absolute Gasteiger partial charge is 0.416 e. The highest BCUT2D eigenvalue weighted by Crippen LogP contribution is 2.34. The van der Waals surface area contributed by atoms with E-state index in [1.54, 1.807) is 6.92 Å². The number of nitriles is 1. The van der Waals surface area contributed by atoms with Crippen LogP contribution in [0.3, 0.4) is 0 Å². The lowest BCUT2D eigenvalue weighted by Crippen LogP contribution is -2.29. The fraction of sp³-hybridized carbons (Fsp3) is 0.333. The fourth-order valence-corrected chi connectivity index (χ4v) is 3.21. The topological polar surface area (TPSA) is 114 Å². The predicted molar refractivity (Wildman–Crippen MR) is 121 cm³/mol. The van der Waals surface area contributed by atoms with E-state index in [1.165, 1.54) is 44.7 Å². The number of nitrogens with one attached hydrogen (secondary N) is 1. The number of carbonyl (C=O) groups is 1. The number of amides is 1. The van der Waals surface area contributed by atoms with Crippen LogP contribution in [-0.4, -0.2) is 38.9 Å². The molecule has 8 nitrogen and oxygen atoms in total. The lowest BCUT2D eigenvalue weighted by atomic mass is 9.84. The van der Waals surface area contributed by atoms with Gasteiger partial charge < -0.3 is 10.1 Å². The molecule has 194 valence electrons. The minimum atomic E-state index is -4.73. The third kappa shape index (κ3) is 6.72. The van der Waals surface area contributed by atoms with Crippen LogP contribution in [0.2, 0.25) is 0 Å². The van der Waals surface area contributed by atoms with Gasteiger partial charge in [-0.3, -0.25) is 9.78 Å². The molecule has 0 bridgehead atoms. The number of rotatable bonds is 8. The van der Waals surface area contributed by atoms with Crippen LogP contribution in [0.15, 0.2) is 43.0 Å². The zero-order valence-corrected chi connectivity index (χ0v) is 19.8. The molecular weight excluding hydrogens is 499 g/mol. The highest BCUT2D eigenvalue weighted by Gasteiger charge is 2.34. The van der Waals surface area contributed by atoms with E-state index in [0.29, 0.717) is 6.07 Å². The van der Waals surface area contributed by atoms with Crippen molar-refractivity contribution in [3.05, 3.63) is 65.4 Å². The van der Waals surface area contributed by atoms with Gasteiger partial charge in [-0.15, -0.1) is 0 Å². The zero-order valence-electron chi connectivity index (χ0n) is 19.8. The van der Waals surface area contributed by atoms with Crippen LogP contribution >= 0.6 is 0 Å². The van der Waals surface area contributed by atoms with Gasteiger partial charge in [0.05, 0.1) is 41.2 Å². The highest BCUT2D eigenvalue weighted by molar-refractivity contribution is 5.95. The molecule has 0 fully saturated rings. The van der Waals surface area contributed by atoms with E-state index in [1.807, 2.05) is 6.07 Å². The molecule has 1 N–H and O–H groups in total. The number of nitrogens with zero attached hydrogens (tertiary/aromatic N) is 5. The molecule has 0 radical (unpaired) electrons. The Labute approximate surface area is 208 Å². The second kappa shape index (κ2) is 10.8. The van der Waals surface area contributed by atoms with Gasteiger partial charge in [0.25, 0.3) is 12.3 Å². The van der Waals surface area contributed by atoms with E-state index in [-0.39, 0.29) is 34.1 Å². The van der Waals surface area contributed by atoms with Crippen molar-refractivity contribution in [1.29, 1.82) is 5.26 Å². The average molecular weight is 520 g/mol. The molecule has 0 saturated heterocycles. The molecular formula is C24H21F5N6O2. The maximum absolute atomic E-state index is 13.5. The fourth-order valence-electron chi connectivity index (χ4n) is 3.21. The molecule has 1 atom stereocenters. The van der Waals surface area contributed by atoms with Gasteiger partial charge in [0.2, 0.25) is 0 Å². The summed E-state index contributed by atoms with van der Waals surface area (Å²) in [7, 11) is 0. The van der Waals surface area contributed by atoms with Gasteiger partial charge in [0.15, 0.2) is 11.6 Å². The Morgan fingerprint density at radius 1 is 1.05 bits per heavy atom. The van der Waals surface area contributed by atoms with Crippen molar-refractivity contribution in [3.8, 4) is 23.3 Å². The van der Waals surface area contributed by atoms with E-state index in [4.69, 9.17) is 4.74 Å². The van der Waals surface area contributed by atoms with Crippen molar-refractivity contribution < 1.29 is 31.5 Å².